The highest BCUT2D eigenvalue weighted by Crippen LogP contribution is 2.55. The molecule has 312 valence electrons. The normalized spacial score (nSPS) is 22.3. The van der Waals surface area contributed by atoms with E-state index in [0.29, 0.717) is 53.6 Å². The predicted octanol–water partition coefficient (Wildman–Crippen LogP) is 6.14. The van der Waals surface area contributed by atoms with Gasteiger partial charge in [0.05, 0.1) is 17.2 Å². The molecular weight excluding hydrogens is 768 g/mol. The first-order valence-corrected chi connectivity index (χ1v) is 21.2. The van der Waals surface area contributed by atoms with Crippen LogP contribution in [-0.4, -0.2) is 97.6 Å². The van der Waals surface area contributed by atoms with Crippen molar-refractivity contribution in [2.45, 2.75) is 91.0 Å². The van der Waals surface area contributed by atoms with Gasteiger partial charge < -0.3 is 24.6 Å². The van der Waals surface area contributed by atoms with Gasteiger partial charge >= 0.3 is 0 Å². The molecule has 0 spiro atoms. The summed E-state index contributed by atoms with van der Waals surface area (Å²) in [6, 6.07) is 20.2. The molecule has 3 aromatic rings. The number of nitrogens with one attached hydrogen (secondary N) is 2. The molecule has 12 nitrogen and oxygen atoms in total. The highest BCUT2D eigenvalue weighted by Gasteiger charge is 2.64. The molecule has 3 heterocycles. The third-order valence-electron chi connectivity index (χ3n) is 12.8. The van der Waals surface area contributed by atoms with Crippen LogP contribution >= 0.6 is 11.6 Å². The van der Waals surface area contributed by atoms with Gasteiger partial charge in [0.2, 0.25) is 11.8 Å². The number of imide groups is 1. The van der Waals surface area contributed by atoms with Crippen molar-refractivity contribution < 1.29 is 28.7 Å². The van der Waals surface area contributed by atoms with E-state index in [4.69, 9.17) is 21.1 Å². The zero-order chi connectivity index (χ0) is 41.9. The quantitative estimate of drug-likeness (QED) is 0.137. The van der Waals surface area contributed by atoms with Crippen molar-refractivity contribution in [2.75, 3.05) is 50.8 Å². The molecule has 0 aromatic heterocycles. The molecule has 59 heavy (non-hydrogen) atoms. The Morgan fingerprint density at radius 2 is 1.69 bits per heavy atom. The van der Waals surface area contributed by atoms with Crippen molar-refractivity contribution in [1.82, 2.24) is 20.4 Å². The van der Waals surface area contributed by atoms with Crippen molar-refractivity contribution >= 4 is 40.9 Å². The maximum absolute atomic E-state index is 13.4. The first-order valence-electron chi connectivity index (χ1n) is 20.9. The van der Waals surface area contributed by atoms with Crippen LogP contribution in [0.15, 0.2) is 60.7 Å². The Morgan fingerprint density at radius 3 is 2.39 bits per heavy atom. The number of amides is 4. The maximum atomic E-state index is 13.4. The molecule has 13 heteroatoms. The van der Waals surface area contributed by atoms with Gasteiger partial charge in [0.25, 0.3) is 11.8 Å². The van der Waals surface area contributed by atoms with E-state index in [0.717, 1.165) is 75.2 Å². The number of halogens is 1. The second-order valence-corrected chi connectivity index (χ2v) is 17.8. The van der Waals surface area contributed by atoms with Crippen molar-refractivity contribution in [3.05, 3.63) is 93.5 Å². The summed E-state index contributed by atoms with van der Waals surface area (Å²) in [7, 11) is 0. The van der Waals surface area contributed by atoms with Crippen molar-refractivity contribution in [1.29, 1.82) is 5.26 Å². The zero-order valence-corrected chi connectivity index (χ0v) is 35.3. The van der Waals surface area contributed by atoms with Gasteiger partial charge in [0.1, 0.15) is 24.0 Å². The Hall–Kier alpha value is -4.96. The van der Waals surface area contributed by atoms with Gasteiger partial charge in [-0.2, -0.15) is 5.26 Å². The number of anilines is 1. The fourth-order valence-corrected chi connectivity index (χ4v) is 9.95. The predicted molar refractivity (Wildman–Crippen MR) is 225 cm³/mol. The number of unbranched alkanes of at least 4 members (excludes halogenated alkanes) is 2. The highest BCUT2D eigenvalue weighted by molar-refractivity contribution is 6.31. The first kappa shape index (κ1) is 42.2. The third-order valence-corrected chi connectivity index (χ3v) is 13.1. The smallest absolute Gasteiger partial charge is 0.255 e. The molecule has 1 aliphatic carbocycles. The number of piperazine rings is 1. The van der Waals surface area contributed by atoms with E-state index in [1.807, 2.05) is 36.4 Å². The average Bonchev–Trinajstić information content (AvgIpc) is 3.56. The summed E-state index contributed by atoms with van der Waals surface area (Å²) in [5.74, 6) is -0.294. The fourth-order valence-electron chi connectivity index (χ4n) is 9.74. The van der Waals surface area contributed by atoms with Gasteiger partial charge in [0, 0.05) is 92.0 Å². The highest BCUT2D eigenvalue weighted by atomic mass is 35.5. The number of ether oxygens (including phenoxy) is 2. The van der Waals surface area contributed by atoms with Crippen LogP contribution in [0.1, 0.15) is 97.2 Å². The number of nitrogens with zero attached hydrogens (tertiary/aromatic N) is 4. The summed E-state index contributed by atoms with van der Waals surface area (Å²) in [6.07, 6.45) is 4.30. The SMILES string of the molecule is CC1(C)C(NC(=O)c2ccc(N3CCN(CCOCCCCCc4cccc5c4CN(C4CCC(=O)NC4=O)C5=O)CC3)cc2)C(C)(C)C1Oc1ccc(C#N)c(Cl)c1. The Labute approximate surface area is 352 Å². The number of fused-ring (bicyclic) bond motifs is 1. The van der Waals surface area contributed by atoms with Crippen LogP contribution in [0.3, 0.4) is 0 Å². The Morgan fingerprint density at radius 1 is 0.949 bits per heavy atom. The van der Waals surface area contributed by atoms with E-state index >= 15 is 0 Å². The van der Waals surface area contributed by atoms with Crippen LogP contribution in [0.25, 0.3) is 0 Å². The molecule has 3 aromatic carbocycles. The molecular formula is C46H55ClN6O6. The van der Waals surface area contributed by atoms with Gasteiger partial charge in [0.15, 0.2) is 0 Å². The molecule has 2 N–H and O–H groups in total. The van der Waals surface area contributed by atoms with Crippen LogP contribution in [0.5, 0.6) is 5.75 Å². The molecule has 3 aliphatic heterocycles. The van der Waals surface area contributed by atoms with Gasteiger partial charge in [-0.25, -0.2) is 0 Å². The minimum Gasteiger partial charge on any atom is -0.489 e. The summed E-state index contributed by atoms with van der Waals surface area (Å²) in [6.45, 7) is 14.8. The number of nitriles is 1. The standard InChI is InChI=1S/C46H55ClN6O6/c1-45(2)43(46(3,4)44(45)59-34-17-14-32(28-48)37(47)27-34)50-40(55)31-12-15-33(16-13-31)52-22-20-51(21-23-52)24-26-58-25-7-5-6-9-30-10-8-11-35-36(30)29-53(42(35)57)38-18-19-39(54)49-41(38)56/h8,10-17,27,38,43-44H,5-7,9,18-26,29H2,1-4H3,(H,50,55)(H,49,54,56). The minimum absolute atomic E-state index is 0.107. The Balaban J connectivity index is 0.778. The lowest BCUT2D eigenvalue weighted by Gasteiger charge is -2.63. The van der Waals surface area contributed by atoms with Crippen molar-refractivity contribution in [3.63, 3.8) is 0 Å². The topological polar surface area (TPSA) is 144 Å². The molecule has 0 radical (unpaired) electrons. The van der Waals surface area contributed by atoms with Gasteiger partial charge in [-0.15, -0.1) is 0 Å². The van der Waals surface area contributed by atoms with E-state index < -0.39 is 6.04 Å². The number of hydrogen-bond donors (Lipinski definition) is 2. The molecule has 3 fully saturated rings. The van der Waals surface area contributed by atoms with E-state index in [1.165, 1.54) is 0 Å². The molecule has 1 atom stereocenters. The Bertz CT molecular complexity index is 2090. The van der Waals surface area contributed by atoms with Crippen molar-refractivity contribution in [2.24, 2.45) is 10.8 Å². The van der Waals surface area contributed by atoms with Crippen LogP contribution in [0, 0.1) is 22.2 Å². The maximum Gasteiger partial charge on any atom is 0.255 e. The molecule has 2 saturated heterocycles. The van der Waals surface area contributed by atoms with Crippen LogP contribution in [-0.2, 0) is 27.3 Å². The number of carbonyl (C=O) groups is 4. The summed E-state index contributed by atoms with van der Waals surface area (Å²) >= 11 is 6.25. The molecule has 0 bridgehead atoms. The molecule has 1 unspecified atom stereocenters. The second kappa shape index (κ2) is 17.7. The summed E-state index contributed by atoms with van der Waals surface area (Å²) in [5.41, 5.74) is 4.28. The lowest BCUT2D eigenvalue weighted by molar-refractivity contribution is -0.164. The summed E-state index contributed by atoms with van der Waals surface area (Å²) in [5, 5.41) is 15.2. The summed E-state index contributed by atoms with van der Waals surface area (Å²) in [4.78, 5) is 57.0. The van der Waals surface area contributed by atoms with Crippen LogP contribution in [0.4, 0.5) is 5.69 Å². The molecule has 4 amide bonds. The number of hydrogen-bond acceptors (Lipinski definition) is 9. The van der Waals surface area contributed by atoms with E-state index in [1.54, 1.807) is 23.1 Å². The van der Waals surface area contributed by atoms with Crippen LogP contribution < -0.4 is 20.3 Å². The van der Waals surface area contributed by atoms with Crippen molar-refractivity contribution in [3.8, 4) is 11.8 Å². The van der Waals surface area contributed by atoms with E-state index in [-0.39, 0.29) is 53.0 Å². The molecule has 4 aliphatic rings. The van der Waals surface area contributed by atoms with E-state index in [2.05, 4.69) is 60.3 Å². The minimum atomic E-state index is -0.596. The fraction of sp³-hybridized carbons (Fsp3) is 0.500. The van der Waals surface area contributed by atoms with Gasteiger partial charge in [-0.3, -0.25) is 29.4 Å². The zero-order valence-electron chi connectivity index (χ0n) is 34.5. The average molecular weight is 823 g/mol. The summed E-state index contributed by atoms with van der Waals surface area (Å²) < 4.78 is 12.4. The molecule has 7 rings (SSSR count). The number of rotatable bonds is 15. The van der Waals surface area contributed by atoms with Gasteiger partial charge in [-0.1, -0.05) is 57.8 Å². The number of aryl methyl sites for hydroxylation is 1. The van der Waals surface area contributed by atoms with Crippen LogP contribution in [0.2, 0.25) is 5.02 Å². The lowest BCUT2D eigenvalue weighted by Crippen LogP contribution is -2.74. The Kier molecular flexibility index (Phi) is 12.7. The third kappa shape index (κ3) is 8.98. The van der Waals surface area contributed by atoms with Gasteiger partial charge in [-0.05, 0) is 79.3 Å². The number of piperidine rings is 1. The number of benzene rings is 3. The number of carbonyl (C=O) groups excluding carboxylic acids is 4. The lowest BCUT2D eigenvalue weighted by atomic mass is 9.49. The first-order chi connectivity index (χ1) is 28.3. The second-order valence-electron chi connectivity index (χ2n) is 17.4. The largest absolute Gasteiger partial charge is 0.489 e. The molecule has 1 saturated carbocycles. The monoisotopic (exact) mass is 822 g/mol. The van der Waals surface area contributed by atoms with E-state index in [9.17, 15) is 24.4 Å².